The van der Waals surface area contributed by atoms with Gasteiger partial charge in [0.05, 0.1) is 27.5 Å². The van der Waals surface area contributed by atoms with E-state index in [0.29, 0.717) is 35.5 Å². The number of rotatable bonds is 1. The molecule has 3 rings (SSSR count). The number of aromatic nitrogens is 1. The molecule has 0 aromatic carbocycles. The summed E-state index contributed by atoms with van der Waals surface area (Å²) in [6, 6.07) is 4.56. The van der Waals surface area contributed by atoms with Gasteiger partial charge in [0.25, 0.3) is 0 Å². The first-order chi connectivity index (χ1) is 10.0. The van der Waals surface area contributed by atoms with Crippen LogP contribution in [0.15, 0.2) is 28.7 Å². The summed E-state index contributed by atoms with van der Waals surface area (Å²) in [5.74, 6) is 0. The topological polar surface area (TPSA) is 45.5 Å². The molecule has 0 bridgehead atoms. The summed E-state index contributed by atoms with van der Waals surface area (Å²) in [6.45, 7) is 0. The van der Waals surface area contributed by atoms with Gasteiger partial charge in [-0.25, -0.2) is 0 Å². The third kappa shape index (κ3) is 2.53. The lowest BCUT2D eigenvalue weighted by Crippen LogP contribution is -2.21. The van der Waals surface area contributed by atoms with Crippen LogP contribution in [0.5, 0.6) is 0 Å². The number of hydrogen-bond acceptors (Lipinski definition) is 4. The van der Waals surface area contributed by atoms with Gasteiger partial charge in [0.2, 0.25) is 0 Å². The number of thiophene rings is 1. The van der Waals surface area contributed by atoms with Crippen molar-refractivity contribution in [2.75, 3.05) is 0 Å². The molecule has 0 saturated heterocycles. The second kappa shape index (κ2) is 5.14. The van der Waals surface area contributed by atoms with Crippen molar-refractivity contribution in [2.45, 2.75) is 25.4 Å². The molecule has 2 heterocycles. The molecule has 7 heteroatoms. The monoisotopic (exact) mass is 312 g/mol. The van der Waals surface area contributed by atoms with Crippen LogP contribution in [0.4, 0.5) is 13.2 Å². The van der Waals surface area contributed by atoms with Crippen LogP contribution in [0.2, 0.25) is 0 Å². The maximum absolute atomic E-state index is 13.3. The van der Waals surface area contributed by atoms with Crippen molar-refractivity contribution in [1.29, 1.82) is 0 Å². The Balaban J connectivity index is 2.27. The van der Waals surface area contributed by atoms with E-state index in [0.717, 1.165) is 6.07 Å². The average Bonchev–Trinajstić information content (AvgIpc) is 2.98. The Morgan fingerprint density at radius 2 is 2.10 bits per heavy atom. The minimum Gasteiger partial charge on any atom is -0.411 e. The minimum absolute atomic E-state index is 0.0587. The van der Waals surface area contributed by atoms with Gasteiger partial charge in [-0.15, -0.1) is 11.3 Å². The fourth-order valence-electron chi connectivity index (χ4n) is 2.52. The highest BCUT2D eigenvalue weighted by atomic mass is 32.1. The Morgan fingerprint density at radius 3 is 2.71 bits per heavy atom. The van der Waals surface area contributed by atoms with Gasteiger partial charge in [-0.05, 0) is 36.8 Å². The van der Waals surface area contributed by atoms with Gasteiger partial charge in [-0.2, -0.15) is 13.2 Å². The van der Waals surface area contributed by atoms with E-state index in [4.69, 9.17) is 5.21 Å². The molecule has 1 N–H and O–H groups in total. The Morgan fingerprint density at radius 1 is 1.29 bits per heavy atom. The van der Waals surface area contributed by atoms with Crippen molar-refractivity contribution in [3.63, 3.8) is 0 Å². The second-order valence-electron chi connectivity index (χ2n) is 4.75. The van der Waals surface area contributed by atoms with Crippen LogP contribution in [0, 0.1) is 0 Å². The van der Waals surface area contributed by atoms with Gasteiger partial charge in [-0.1, -0.05) is 11.2 Å². The summed E-state index contributed by atoms with van der Waals surface area (Å²) >= 11 is 1.34. The summed E-state index contributed by atoms with van der Waals surface area (Å²) in [5, 5.41) is 13.8. The molecule has 21 heavy (non-hydrogen) atoms. The normalized spacial score (nSPS) is 17.0. The molecular formula is C14H11F3N2OS. The average molecular weight is 312 g/mol. The first-order valence-electron chi connectivity index (χ1n) is 6.37. The molecule has 0 amide bonds. The molecule has 1 aliphatic rings. The largest absolute Gasteiger partial charge is 0.417 e. The number of pyridine rings is 1. The zero-order chi connectivity index (χ0) is 15.0. The van der Waals surface area contributed by atoms with Crippen LogP contribution in [0.25, 0.3) is 10.6 Å². The third-order valence-electron chi connectivity index (χ3n) is 3.41. The van der Waals surface area contributed by atoms with Crippen LogP contribution < -0.4 is 0 Å². The van der Waals surface area contributed by atoms with Gasteiger partial charge < -0.3 is 5.21 Å². The summed E-state index contributed by atoms with van der Waals surface area (Å²) in [5.41, 5.74) is -0.101. The van der Waals surface area contributed by atoms with E-state index in [9.17, 15) is 13.2 Å². The number of hydrogen-bond donors (Lipinski definition) is 1. The lowest BCUT2D eigenvalue weighted by atomic mass is 9.89. The molecule has 2 aromatic heterocycles. The Hall–Kier alpha value is -1.89. The molecule has 2 aromatic rings. The molecule has 0 aliphatic heterocycles. The van der Waals surface area contributed by atoms with Crippen LogP contribution in [0.3, 0.4) is 0 Å². The highest BCUT2D eigenvalue weighted by molar-refractivity contribution is 7.13. The summed E-state index contributed by atoms with van der Waals surface area (Å²) in [4.78, 5) is 5.04. The van der Waals surface area contributed by atoms with Crippen LogP contribution in [-0.4, -0.2) is 15.9 Å². The van der Waals surface area contributed by atoms with Gasteiger partial charge in [0.15, 0.2) is 0 Å². The fraction of sp³-hybridized carbons (Fsp3) is 0.286. The van der Waals surface area contributed by atoms with E-state index >= 15 is 0 Å². The zero-order valence-electron chi connectivity index (χ0n) is 10.8. The van der Waals surface area contributed by atoms with Gasteiger partial charge in [0, 0.05) is 5.56 Å². The highest BCUT2D eigenvalue weighted by Crippen LogP contribution is 2.38. The predicted molar refractivity (Wildman–Crippen MR) is 73.8 cm³/mol. The molecule has 0 unspecified atom stereocenters. The number of aryl methyl sites for hydroxylation is 1. The minimum atomic E-state index is -4.51. The van der Waals surface area contributed by atoms with Gasteiger partial charge >= 0.3 is 6.18 Å². The van der Waals surface area contributed by atoms with E-state index in [1.54, 1.807) is 17.5 Å². The van der Waals surface area contributed by atoms with Gasteiger partial charge in [0.1, 0.15) is 0 Å². The van der Waals surface area contributed by atoms with Crippen LogP contribution in [0.1, 0.15) is 29.7 Å². The Bertz CT molecular complexity index is 693. The number of nitrogens with zero attached hydrogens (tertiary/aromatic N) is 2. The lowest BCUT2D eigenvalue weighted by molar-refractivity contribution is -0.137. The predicted octanol–water partition coefficient (Wildman–Crippen LogP) is 4.34. The summed E-state index contributed by atoms with van der Waals surface area (Å²) < 4.78 is 40.0. The second-order valence-corrected chi connectivity index (χ2v) is 5.70. The molecule has 3 nitrogen and oxygen atoms in total. The number of fused-ring (bicyclic) bond motifs is 1. The van der Waals surface area contributed by atoms with E-state index < -0.39 is 11.7 Å². The maximum atomic E-state index is 13.3. The summed E-state index contributed by atoms with van der Waals surface area (Å²) in [6.07, 6.45) is -3.10. The van der Waals surface area contributed by atoms with Crippen molar-refractivity contribution >= 4 is 17.0 Å². The van der Waals surface area contributed by atoms with E-state index in [2.05, 4.69) is 10.1 Å². The first-order valence-corrected chi connectivity index (χ1v) is 7.25. The van der Waals surface area contributed by atoms with Crippen molar-refractivity contribution in [1.82, 2.24) is 4.98 Å². The number of oxime groups is 1. The molecule has 0 fully saturated rings. The standard InChI is InChI=1S/C14H11F3N2OS/c15-14(16,17)8-7-11(12-5-2-6-21-12)18-9-3-1-4-10(19-20)13(8)9/h2,5-7,20H,1,3-4H2/b19-10+. The molecule has 0 spiro atoms. The van der Waals surface area contributed by atoms with E-state index in [1.165, 1.54) is 11.3 Å². The summed E-state index contributed by atoms with van der Waals surface area (Å²) in [7, 11) is 0. The van der Waals surface area contributed by atoms with E-state index in [1.807, 2.05) is 0 Å². The Labute approximate surface area is 122 Å². The van der Waals surface area contributed by atoms with E-state index in [-0.39, 0.29) is 11.3 Å². The third-order valence-corrected chi connectivity index (χ3v) is 4.30. The SMILES string of the molecule is O/N=C1\CCCc2nc(-c3cccs3)cc(C(F)(F)F)c21. The number of alkyl halides is 3. The van der Waals surface area contributed by atoms with Gasteiger partial charge in [-0.3, -0.25) is 4.98 Å². The smallest absolute Gasteiger partial charge is 0.411 e. The molecule has 110 valence electrons. The molecule has 0 saturated carbocycles. The van der Waals surface area contributed by atoms with Crippen molar-refractivity contribution in [2.24, 2.45) is 5.16 Å². The fourth-order valence-corrected chi connectivity index (χ4v) is 3.21. The molecule has 1 aliphatic carbocycles. The van der Waals surface area contributed by atoms with Crippen LogP contribution in [-0.2, 0) is 12.6 Å². The highest BCUT2D eigenvalue weighted by Gasteiger charge is 2.38. The molecular weight excluding hydrogens is 301 g/mol. The van der Waals surface area contributed by atoms with Crippen molar-refractivity contribution < 1.29 is 18.4 Å². The van der Waals surface area contributed by atoms with Crippen molar-refractivity contribution in [3.05, 3.63) is 40.4 Å². The molecule has 0 radical (unpaired) electrons. The van der Waals surface area contributed by atoms with Crippen LogP contribution >= 0.6 is 11.3 Å². The Kier molecular flexibility index (Phi) is 3.44. The quantitative estimate of drug-likeness (QED) is 0.629. The molecule has 0 atom stereocenters. The first kappa shape index (κ1) is 14.1. The number of halogens is 3. The zero-order valence-corrected chi connectivity index (χ0v) is 11.6. The lowest BCUT2D eigenvalue weighted by Gasteiger charge is -2.21. The van der Waals surface area contributed by atoms with Crippen molar-refractivity contribution in [3.8, 4) is 10.6 Å². The maximum Gasteiger partial charge on any atom is 0.417 e.